The fraction of sp³-hybridized carbons (Fsp3) is 0.333. The molecule has 1 aromatic carbocycles. The van der Waals surface area contributed by atoms with Gasteiger partial charge in [0.2, 0.25) is 5.91 Å². The van der Waals surface area contributed by atoms with E-state index in [1.165, 1.54) is 23.3 Å². The molecule has 0 fully saturated rings. The summed E-state index contributed by atoms with van der Waals surface area (Å²) in [5.41, 5.74) is 1.93. The number of methoxy groups -OCH3 is 1. The monoisotopic (exact) mass is 344 g/mol. The minimum absolute atomic E-state index is 0.0569. The third kappa shape index (κ3) is 3.94. The number of ether oxygens (including phenoxy) is 1. The van der Waals surface area contributed by atoms with Gasteiger partial charge in [-0.05, 0) is 49.4 Å². The highest BCUT2D eigenvalue weighted by molar-refractivity contribution is 7.14. The van der Waals surface area contributed by atoms with Crippen molar-refractivity contribution in [1.29, 1.82) is 0 Å². The molecule has 0 atom stereocenters. The number of nitrogens with one attached hydrogen (secondary N) is 2. The molecule has 1 aliphatic rings. The summed E-state index contributed by atoms with van der Waals surface area (Å²) in [5.74, 6) is 0.217. The number of anilines is 1. The van der Waals surface area contributed by atoms with Crippen LogP contribution in [0.5, 0.6) is 5.75 Å². The smallest absolute Gasteiger partial charge is 0.261 e. The SMILES string of the molecule is COc1cccc(NC(=O)CNC(=O)c2cc3c(s2)CCCC3)c1. The molecule has 1 aliphatic carbocycles. The minimum Gasteiger partial charge on any atom is -0.497 e. The Balaban J connectivity index is 1.53. The predicted octanol–water partition coefficient (Wildman–Crippen LogP) is 3.00. The van der Waals surface area contributed by atoms with Crippen molar-refractivity contribution in [1.82, 2.24) is 5.32 Å². The number of carbonyl (C=O) groups is 2. The molecule has 2 aromatic rings. The normalized spacial score (nSPS) is 13.0. The predicted molar refractivity (Wildman–Crippen MR) is 94.9 cm³/mol. The molecule has 0 unspecified atom stereocenters. The molecule has 2 amide bonds. The highest BCUT2D eigenvalue weighted by Crippen LogP contribution is 2.29. The van der Waals surface area contributed by atoms with E-state index in [-0.39, 0.29) is 18.4 Å². The molecule has 0 saturated carbocycles. The molecule has 24 heavy (non-hydrogen) atoms. The lowest BCUT2D eigenvalue weighted by Gasteiger charge is -2.08. The van der Waals surface area contributed by atoms with E-state index >= 15 is 0 Å². The third-order valence-corrected chi connectivity index (χ3v) is 5.22. The van der Waals surface area contributed by atoms with Crippen molar-refractivity contribution >= 4 is 28.8 Å². The molecule has 1 heterocycles. The van der Waals surface area contributed by atoms with E-state index in [9.17, 15) is 9.59 Å². The van der Waals surface area contributed by atoms with Crippen LogP contribution in [0.25, 0.3) is 0 Å². The Labute approximate surface area is 145 Å². The molecule has 0 bridgehead atoms. The molecular weight excluding hydrogens is 324 g/mol. The highest BCUT2D eigenvalue weighted by Gasteiger charge is 2.17. The summed E-state index contributed by atoms with van der Waals surface area (Å²) in [6.45, 7) is -0.0569. The van der Waals surface area contributed by atoms with Crippen molar-refractivity contribution in [2.75, 3.05) is 19.0 Å². The molecule has 2 N–H and O–H groups in total. The molecule has 5 nitrogen and oxygen atoms in total. The number of fused-ring (bicyclic) bond motifs is 1. The van der Waals surface area contributed by atoms with Gasteiger partial charge in [-0.15, -0.1) is 11.3 Å². The number of benzene rings is 1. The zero-order valence-electron chi connectivity index (χ0n) is 13.6. The number of rotatable bonds is 5. The quantitative estimate of drug-likeness (QED) is 0.876. The van der Waals surface area contributed by atoms with E-state index in [0.29, 0.717) is 16.3 Å². The lowest BCUT2D eigenvalue weighted by molar-refractivity contribution is -0.115. The first-order valence-corrected chi connectivity index (χ1v) is 8.81. The van der Waals surface area contributed by atoms with Gasteiger partial charge in [0, 0.05) is 16.6 Å². The summed E-state index contributed by atoms with van der Waals surface area (Å²) >= 11 is 1.54. The van der Waals surface area contributed by atoms with Crippen molar-refractivity contribution in [2.24, 2.45) is 0 Å². The van der Waals surface area contributed by atoms with E-state index in [0.717, 1.165) is 12.8 Å². The first-order chi connectivity index (χ1) is 11.7. The lowest BCUT2D eigenvalue weighted by atomic mass is 9.99. The molecule has 0 saturated heterocycles. The molecule has 0 aliphatic heterocycles. The van der Waals surface area contributed by atoms with Crippen LogP contribution in [0, 0.1) is 0 Å². The van der Waals surface area contributed by atoms with Crippen LogP contribution in [0.15, 0.2) is 30.3 Å². The highest BCUT2D eigenvalue weighted by atomic mass is 32.1. The van der Waals surface area contributed by atoms with Gasteiger partial charge < -0.3 is 15.4 Å². The Bertz CT molecular complexity index is 731. The van der Waals surface area contributed by atoms with Gasteiger partial charge in [-0.3, -0.25) is 9.59 Å². The van der Waals surface area contributed by atoms with Gasteiger partial charge in [0.15, 0.2) is 0 Å². The maximum Gasteiger partial charge on any atom is 0.261 e. The average molecular weight is 344 g/mol. The first-order valence-electron chi connectivity index (χ1n) is 7.99. The third-order valence-electron chi connectivity index (χ3n) is 3.98. The Morgan fingerprint density at radius 2 is 2.04 bits per heavy atom. The maximum atomic E-state index is 12.2. The Morgan fingerprint density at radius 3 is 2.83 bits per heavy atom. The molecule has 1 aromatic heterocycles. The molecular formula is C18H20N2O3S. The number of carbonyl (C=O) groups excluding carboxylic acids is 2. The summed E-state index contributed by atoms with van der Waals surface area (Å²) in [5, 5.41) is 5.43. The van der Waals surface area contributed by atoms with Gasteiger partial charge >= 0.3 is 0 Å². The zero-order chi connectivity index (χ0) is 16.9. The number of thiophene rings is 1. The molecule has 0 radical (unpaired) electrons. The Morgan fingerprint density at radius 1 is 1.21 bits per heavy atom. The van der Waals surface area contributed by atoms with Crippen LogP contribution in [0.4, 0.5) is 5.69 Å². The van der Waals surface area contributed by atoms with Gasteiger partial charge in [-0.25, -0.2) is 0 Å². The largest absolute Gasteiger partial charge is 0.497 e. The molecule has 3 rings (SSSR count). The van der Waals surface area contributed by atoms with Crippen molar-refractivity contribution in [3.63, 3.8) is 0 Å². The minimum atomic E-state index is -0.266. The van der Waals surface area contributed by atoms with E-state index < -0.39 is 0 Å². The van der Waals surface area contributed by atoms with Crippen LogP contribution in [0.2, 0.25) is 0 Å². The number of aryl methyl sites for hydroxylation is 2. The van der Waals surface area contributed by atoms with Crippen molar-refractivity contribution in [3.05, 3.63) is 45.6 Å². The van der Waals surface area contributed by atoms with Crippen LogP contribution in [-0.4, -0.2) is 25.5 Å². The topological polar surface area (TPSA) is 67.4 Å². The second-order valence-electron chi connectivity index (χ2n) is 5.73. The standard InChI is InChI=1S/C18H20N2O3S/c1-23-14-7-4-6-13(10-14)20-17(21)11-19-18(22)16-9-12-5-2-3-8-15(12)24-16/h4,6-7,9-10H,2-3,5,8,11H2,1H3,(H,19,22)(H,20,21). The van der Waals surface area contributed by atoms with Gasteiger partial charge in [-0.2, -0.15) is 0 Å². The van der Waals surface area contributed by atoms with Crippen LogP contribution < -0.4 is 15.4 Å². The molecule has 126 valence electrons. The fourth-order valence-corrected chi connectivity index (χ4v) is 3.93. The Kier molecular flexibility index (Phi) is 5.15. The van der Waals surface area contributed by atoms with Crippen LogP contribution in [0.1, 0.15) is 33.0 Å². The van der Waals surface area contributed by atoms with E-state index in [4.69, 9.17) is 4.74 Å². The van der Waals surface area contributed by atoms with Gasteiger partial charge in [0.25, 0.3) is 5.91 Å². The Hall–Kier alpha value is -2.34. The van der Waals surface area contributed by atoms with E-state index in [1.807, 2.05) is 6.07 Å². The number of hydrogen-bond acceptors (Lipinski definition) is 4. The van der Waals surface area contributed by atoms with Crippen LogP contribution >= 0.6 is 11.3 Å². The zero-order valence-corrected chi connectivity index (χ0v) is 14.4. The number of amides is 2. The summed E-state index contributed by atoms with van der Waals surface area (Å²) in [7, 11) is 1.57. The summed E-state index contributed by atoms with van der Waals surface area (Å²) < 4.78 is 5.11. The van der Waals surface area contributed by atoms with Crippen molar-refractivity contribution < 1.29 is 14.3 Å². The number of hydrogen-bond donors (Lipinski definition) is 2. The molecule has 6 heteroatoms. The van der Waals surface area contributed by atoms with Crippen LogP contribution in [-0.2, 0) is 17.6 Å². The summed E-state index contributed by atoms with van der Waals surface area (Å²) in [6.07, 6.45) is 4.49. The fourth-order valence-electron chi connectivity index (χ4n) is 2.76. The van der Waals surface area contributed by atoms with E-state index in [2.05, 4.69) is 10.6 Å². The first kappa shape index (κ1) is 16.5. The summed E-state index contributed by atoms with van der Waals surface area (Å²) in [4.78, 5) is 26.2. The average Bonchev–Trinajstić information content (AvgIpc) is 3.04. The van der Waals surface area contributed by atoms with Crippen molar-refractivity contribution in [2.45, 2.75) is 25.7 Å². The van der Waals surface area contributed by atoms with E-state index in [1.54, 1.807) is 42.7 Å². The van der Waals surface area contributed by atoms with Crippen LogP contribution in [0.3, 0.4) is 0 Å². The van der Waals surface area contributed by atoms with Gasteiger partial charge in [-0.1, -0.05) is 6.07 Å². The lowest BCUT2D eigenvalue weighted by Crippen LogP contribution is -2.32. The van der Waals surface area contributed by atoms with Crippen molar-refractivity contribution in [3.8, 4) is 5.75 Å². The molecule has 0 spiro atoms. The maximum absolute atomic E-state index is 12.2. The van der Waals surface area contributed by atoms with Gasteiger partial charge in [0.1, 0.15) is 5.75 Å². The second-order valence-corrected chi connectivity index (χ2v) is 6.87. The van der Waals surface area contributed by atoms with Gasteiger partial charge in [0.05, 0.1) is 18.5 Å². The summed E-state index contributed by atoms with van der Waals surface area (Å²) in [6, 6.07) is 9.07. The second kappa shape index (κ2) is 7.49.